The summed E-state index contributed by atoms with van der Waals surface area (Å²) in [6, 6.07) is 8.48. The number of aliphatic hydroxyl groups is 1. The molecule has 1 aliphatic rings. The van der Waals surface area contributed by atoms with Gasteiger partial charge < -0.3 is 5.11 Å². The second-order valence-electron chi connectivity index (χ2n) is 5.06. The Kier molecular flexibility index (Phi) is 3.08. The van der Waals surface area contributed by atoms with E-state index in [0.29, 0.717) is 6.42 Å². The first kappa shape index (κ1) is 12.4. The number of aryl methyl sites for hydroxylation is 2. The van der Waals surface area contributed by atoms with Gasteiger partial charge in [0.25, 0.3) is 0 Å². The molecule has 1 heterocycles. The number of benzene rings is 1. The van der Waals surface area contributed by atoms with Gasteiger partial charge in [-0.1, -0.05) is 23.8 Å². The second kappa shape index (κ2) is 4.48. The Morgan fingerprint density at radius 3 is 2.94 bits per heavy atom. The molecule has 1 aliphatic carbocycles. The highest BCUT2D eigenvalue weighted by Gasteiger charge is 2.37. The monoisotopic (exact) mass is 322 g/mol. The van der Waals surface area contributed by atoms with Crippen LogP contribution in [-0.4, -0.2) is 5.11 Å². The Morgan fingerprint density at radius 2 is 2.22 bits per heavy atom. The van der Waals surface area contributed by atoms with Crippen molar-refractivity contribution in [1.29, 1.82) is 0 Å². The molecule has 0 spiro atoms. The Balaban J connectivity index is 1.99. The summed E-state index contributed by atoms with van der Waals surface area (Å²) in [5.74, 6) is 0. The van der Waals surface area contributed by atoms with Crippen molar-refractivity contribution >= 4 is 27.3 Å². The summed E-state index contributed by atoms with van der Waals surface area (Å²) in [6.07, 6.45) is 2.52. The number of hydrogen-bond donors (Lipinski definition) is 1. The number of thiophene rings is 1. The molecule has 3 rings (SSSR count). The predicted molar refractivity (Wildman–Crippen MR) is 79.1 cm³/mol. The fraction of sp³-hybridized carbons (Fsp3) is 0.333. The van der Waals surface area contributed by atoms with Crippen LogP contribution in [0.1, 0.15) is 28.0 Å². The van der Waals surface area contributed by atoms with Gasteiger partial charge in [-0.15, -0.1) is 11.3 Å². The molecule has 1 N–H and O–H groups in total. The molecule has 1 unspecified atom stereocenters. The van der Waals surface area contributed by atoms with Crippen molar-refractivity contribution in [3.8, 4) is 0 Å². The van der Waals surface area contributed by atoms with Crippen LogP contribution in [0.5, 0.6) is 0 Å². The quantitative estimate of drug-likeness (QED) is 0.878. The Hall–Kier alpha value is -0.640. The molecule has 1 aromatic carbocycles. The van der Waals surface area contributed by atoms with Crippen LogP contribution in [0.4, 0.5) is 0 Å². The third kappa shape index (κ3) is 2.04. The summed E-state index contributed by atoms with van der Waals surface area (Å²) < 4.78 is 1.11. The maximum Gasteiger partial charge on any atom is 0.0950 e. The van der Waals surface area contributed by atoms with Gasteiger partial charge in [-0.25, -0.2) is 0 Å². The van der Waals surface area contributed by atoms with Gasteiger partial charge in [0.1, 0.15) is 0 Å². The minimum absolute atomic E-state index is 0.686. The van der Waals surface area contributed by atoms with Crippen LogP contribution in [0, 0.1) is 6.92 Å². The van der Waals surface area contributed by atoms with Gasteiger partial charge in [-0.2, -0.15) is 0 Å². The molecule has 0 radical (unpaired) electrons. The smallest absolute Gasteiger partial charge is 0.0950 e. The first-order valence-electron chi connectivity index (χ1n) is 6.13. The summed E-state index contributed by atoms with van der Waals surface area (Å²) in [4.78, 5) is 1.23. The zero-order chi connectivity index (χ0) is 12.8. The molecule has 0 amide bonds. The van der Waals surface area contributed by atoms with E-state index in [0.717, 1.165) is 22.9 Å². The lowest BCUT2D eigenvalue weighted by Crippen LogP contribution is -2.25. The molecule has 0 saturated heterocycles. The summed E-state index contributed by atoms with van der Waals surface area (Å²) in [7, 11) is 0. The maximum atomic E-state index is 10.9. The highest BCUT2D eigenvalue weighted by molar-refractivity contribution is 9.10. The molecule has 1 atom stereocenters. The molecule has 94 valence electrons. The van der Waals surface area contributed by atoms with E-state index in [1.165, 1.54) is 16.0 Å². The molecular weight excluding hydrogens is 308 g/mol. The van der Waals surface area contributed by atoms with Gasteiger partial charge in [0.05, 0.1) is 5.60 Å². The van der Waals surface area contributed by atoms with Gasteiger partial charge in [-0.3, -0.25) is 0 Å². The van der Waals surface area contributed by atoms with E-state index in [4.69, 9.17) is 0 Å². The lowest BCUT2D eigenvalue weighted by atomic mass is 9.91. The van der Waals surface area contributed by atoms with E-state index in [1.807, 2.05) is 0 Å². The fourth-order valence-corrected chi connectivity index (χ4v) is 4.32. The molecule has 0 saturated carbocycles. The van der Waals surface area contributed by atoms with E-state index >= 15 is 0 Å². The lowest BCUT2D eigenvalue weighted by molar-refractivity contribution is 0.0396. The van der Waals surface area contributed by atoms with Gasteiger partial charge in [0, 0.05) is 15.8 Å². The Labute approximate surface area is 120 Å². The Morgan fingerprint density at radius 1 is 1.39 bits per heavy atom. The molecule has 0 fully saturated rings. The van der Waals surface area contributed by atoms with E-state index in [1.54, 1.807) is 11.3 Å². The number of hydrogen-bond acceptors (Lipinski definition) is 2. The topological polar surface area (TPSA) is 20.2 Å². The molecule has 2 aromatic rings. The van der Waals surface area contributed by atoms with Crippen molar-refractivity contribution in [2.75, 3.05) is 0 Å². The normalized spacial score (nSPS) is 22.2. The van der Waals surface area contributed by atoms with Gasteiger partial charge in [-0.05, 0) is 58.3 Å². The third-order valence-electron chi connectivity index (χ3n) is 3.72. The van der Waals surface area contributed by atoms with E-state index in [9.17, 15) is 5.11 Å². The van der Waals surface area contributed by atoms with Crippen molar-refractivity contribution < 1.29 is 5.11 Å². The number of rotatable bonds is 2. The lowest BCUT2D eigenvalue weighted by Gasteiger charge is -2.24. The minimum Gasteiger partial charge on any atom is -0.385 e. The second-order valence-corrected chi connectivity index (χ2v) is 6.92. The van der Waals surface area contributed by atoms with Crippen molar-refractivity contribution in [3.05, 3.63) is 55.7 Å². The first-order chi connectivity index (χ1) is 8.58. The molecule has 18 heavy (non-hydrogen) atoms. The molecule has 0 aliphatic heterocycles. The molecule has 1 aromatic heterocycles. The highest BCUT2D eigenvalue weighted by atomic mass is 79.9. The van der Waals surface area contributed by atoms with E-state index < -0.39 is 5.60 Å². The van der Waals surface area contributed by atoms with Crippen LogP contribution in [0.15, 0.2) is 34.1 Å². The summed E-state index contributed by atoms with van der Waals surface area (Å²) >= 11 is 5.26. The Bertz CT molecular complexity index is 590. The van der Waals surface area contributed by atoms with Crippen LogP contribution in [0.2, 0.25) is 0 Å². The van der Waals surface area contributed by atoms with Crippen LogP contribution in [0.3, 0.4) is 0 Å². The van der Waals surface area contributed by atoms with Crippen molar-refractivity contribution in [1.82, 2.24) is 0 Å². The molecule has 1 nitrogen and oxygen atoms in total. The zero-order valence-electron chi connectivity index (χ0n) is 10.2. The van der Waals surface area contributed by atoms with E-state index in [-0.39, 0.29) is 0 Å². The van der Waals surface area contributed by atoms with Crippen molar-refractivity contribution in [2.45, 2.75) is 31.8 Å². The van der Waals surface area contributed by atoms with Crippen LogP contribution < -0.4 is 0 Å². The summed E-state index contributed by atoms with van der Waals surface area (Å²) in [6.45, 7) is 2.08. The largest absolute Gasteiger partial charge is 0.385 e. The van der Waals surface area contributed by atoms with Crippen molar-refractivity contribution in [3.63, 3.8) is 0 Å². The summed E-state index contributed by atoms with van der Waals surface area (Å²) in [5.41, 5.74) is 2.97. The van der Waals surface area contributed by atoms with Gasteiger partial charge >= 0.3 is 0 Å². The number of fused-ring (bicyclic) bond motifs is 1. The molecular formula is C15H15BrOS. The molecule has 0 bridgehead atoms. The number of halogens is 1. The van der Waals surface area contributed by atoms with Crippen LogP contribution >= 0.6 is 27.3 Å². The van der Waals surface area contributed by atoms with Gasteiger partial charge in [0.2, 0.25) is 0 Å². The minimum atomic E-state index is -0.686. The first-order valence-corrected chi connectivity index (χ1v) is 7.80. The average molecular weight is 323 g/mol. The average Bonchev–Trinajstić information content (AvgIpc) is 2.86. The predicted octanol–water partition coefficient (Wildman–Crippen LogP) is 4.20. The van der Waals surface area contributed by atoms with Crippen LogP contribution in [0.25, 0.3) is 0 Å². The fourth-order valence-electron chi connectivity index (χ4n) is 2.72. The molecule has 3 heteroatoms. The third-order valence-corrected chi connectivity index (χ3v) is 5.65. The van der Waals surface area contributed by atoms with Crippen LogP contribution in [-0.2, 0) is 18.4 Å². The maximum absolute atomic E-state index is 10.9. The zero-order valence-corrected chi connectivity index (χ0v) is 12.6. The van der Waals surface area contributed by atoms with Crippen molar-refractivity contribution in [2.24, 2.45) is 0 Å². The standard InChI is InChI=1S/C15H15BrOS/c1-10-2-3-11-4-6-15(17,12(11)8-10)9-14-13(16)5-7-18-14/h2-3,5,7-8,17H,4,6,9H2,1H3. The van der Waals surface area contributed by atoms with E-state index in [2.05, 4.69) is 52.5 Å². The summed E-state index contributed by atoms with van der Waals surface area (Å²) in [5, 5.41) is 13.0. The highest BCUT2D eigenvalue weighted by Crippen LogP contribution is 2.41. The van der Waals surface area contributed by atoms with Gasteiger partial charge in [0.15, 0.2) is 0 Å². The SMILES string of the molecule is Cc1ccc2c(c1)C(O)(Cc1sccc1Br)CC2.